The van der Waals surface area contributed by atoms with Gasteiger partial charge in [-0.3, -0.25) is 4.79 Å². The fourth-order valence-electron chi connectivity index (χ4n) is 1.54. The largest absolute Gasteiger partial charge is 0.473 e. The number of nitrogens with zero attached hydrogens (tertiary/aromatic N) is 1. The predicted molar refractivity (Wildman–Crippen MR) is 82.1 cm³/mol. The number of carbonyl (C=O) groups is 1. The Kier molecular flexibility index (Phi) is 7.15. The van der Waals surface area contributed by atoms with Gasteiger partial charge in [-0.1, -0.05) is 27.7 Å². The first-order chi connectivity index (χ1) is 9.88. The molecule has 1 aromatic rings. The highest BCUT2D eigenvalue weighted by Gasteiger charge is 2.09. The SMILES string of the molecule is CC(C)NC[C@H](C)Oc1ccc(COC(=O)C(C)C)cn1. The highest BCUT2D eigenvalue weighted by molar-refractivity contribution is 5.71. The zero-order valence-corrected chi connectivity index (χ0v) is 13.6. The van der Waals surface area contributed by atoms with Crippen LogP contribution in [0.2, 0.25) is 0 Å². The van der Waals surface area contributed by atoms with Crippen molar-refractivity contribution in [1.82, 2.24) is 10.3 Å². The van der Waals surface area contributed by atoms with Crippen molar-refractivity contribution in [2.45, 2.75) is 53.4 Å². The first-order valence-electron chi connectivity index (χ1n) is 7.40. The van der Waals surface area contributed by atoms with Crippen molar-refractivity contribution in [2.24, 2.45) is 5.92 Å². The highest BCUT2D eigenvalue weighted by atomic mass is 16.5. The van der Waals surface area contributed by atoms with Crippen LogP contribution in [0.15, 0.2) is 18.3 Å². The lowest BCUT2D eigenvalue weighted by Crippen LogP contribution is -2.33. The van der Waals surface area contributed by atoms with Crippen LogP contribution in [-0.2, 0) is 16.1 Å². The fraction of sp³-hybridized carbons (Fsp3) is 0.625. The van der Waals surface area contributed by atoms with Crippen LogP contribution in [0.1, 0.15) is 40.2 Å². The molecule has 0 radical (unpaired) electrons. The molecule has 0 saturated carbocycles. The number of nitrogens with one attached hydrogen (secondary N) is 1. The van der Waals surface area contributed by atoms with E-state index in [1.54, 1.807) is 12.3 Å². The molecule has 1 atom stereocenters. The second kappa shape index (κ2) is 8.62. The van der Waals surface area contributed by atoms with Crippen LogP contribution in [-0.4, -0.2) is 29.6 Å². The van der Waals surface area contributed by atoms with Crippen molar-refractivity contribution >= 4 is 5.97 Å². The lowest BCUT2D eigenvalue weighted by Gasteiger charge is -2.16. The molecule has 0 aliphatic heterocycles. The molecule has 5 heteroatoms. The molecule has 118 valence electrons. The van der Waals surface area contributed by atoms with E-state index in [4.69, 9.17) is 9.47 Å². The van der Waals surface area contributed by atoms with E-state index in [-0.39, 0.29) is 24.6 Å². The van der Waals surface area contributed by atoms with Crippen molar-refractivity contribution in [3.63, 3.8) is 0 Å². The van der Waals surface area contributed by atoms with Gasteiger partial charge < -0.3 is 14.8 Å². The van der Waals surface area contributed by atoms with Crippen LogP contribution in [0.3, 0.4) is 0 Å². The lowest BCUT2D eigenvalue weighted by atomic mass is 10.2. The Morgan fingerprint density at radius 1 is 1.24 bits per heavy atom. The molecule has 1 N–H and O–H groups in total. The summed E-state index contributed by atoms with van der Waals surface area (Å²) in [4.78, 5) is 15.6. The van der Waals surface area contributed by atoms with Crippen molar-refractivity contribution in [3.05, 3.63) is 23.9 Å². The third-order valence-corrected chi connectivity index (χ3v) is 2.79. The van der Waals surface area contributed by atoms with Gasteiger partial charge in [-0.05, 0) is 13.0 Å². The van der Waals surface area contributed by atoms with Crippen LogP contribution in [0.25, 0.3) is 0 Å². The van der Waals surface area contributed by atoms with Gasteiger partial charge >= 0.3 is 5.97 Å². The van der Waals surface area contributed by atoms with Gasteiger partial charge in [0.2, 0.25) is 5.88 Å². The average Bonchev–Trinajstić information content (AvgIpc) is 2.44. The quantitative estimate of drug-likeness (QED) is 0.747. The van der Waals surface area contributed by atoms with Crippen LogP contribution in [0.5, 0.6) is 5.88 Å². The number of hydrogen-bond donors (Lipinski definition) is 1. The second-order valence-corrected chi connectivity index (χ2v) is 5.76. The summed E-state index contributed by atoms with van der Waals surface area (Å²) in [5, 5.41) is 3.31. The van der Waals surface area contributed by atoms with E-state index in [9.17, 15) is 4.79 Å². The normalized spacial score (nSPS) is 12.5. The van der Waals surface area contributed by atoms with Crippen molar-refractivity contribution in [2.75, 3.05) is 6.54 Å². The van der Waals surface area contributed by atoms with E-state index in [1.165, 1.54) is 0 Å². The molecule has 0 amide bonds. The summed E-state index contributed by atoms with van der Waals surface area (Å²) in [6, 6.07) is 4.09. The molecular weight excluding hydrogens is 268 g/mol. The van der Waals surface area contributed by atoms with Crippen LogP contribution >= 0.6 is 0 Å². The minimum atomic E-state index is -0.205. The maximum Gasteiger partial charge on any atom is 0.308 e. The Morgan fingerprint density at radius 3 is 2.48 bits per heavy atom. The van der Waals surface area contributed by atoms with Gasteiger partial charge in [-0.25, -0.2) is 4.98 Å². The van der Waals surface area contributed by atoms with Gasteiger partial charge in [0.1, 0.15) is 12.7 Å². The topological polar surface area (TPSA) is 60.5 Å². The first kappa shape index (κ1) is 17.4. The Hall–Kier alpha value is -1.62. The number of ether oxygens (including phenoxy) is 2. The fourth-order valence-corrected chi connectivity index (χ4v) is 1.54. The number of rotatable bonds is 8. The van der Waals surface area contributed by atoms with Crippen molar-refractivity contribution < 1.29 is 14.3 Å². The molecule has 0 unspecified atom stereocenters. The third kappa shape index (κ3) is 7.09. The Balaban J connectivity index is 2.41. The van der Waals surface area contributed by atoms with Crippen LogP contribution in [0.4, 0.5) is 0 Å². The molecule has 21 heavy (non-hydrogen) atoms. The minimum absolute atomic E-state index is 0.0459. The summed E-state index contributed by atoms with van der Waals surface area (Å²) >= 11 is 0. The first-order valence-corrected chi connectivity index (χ1v) is 7.40. The van der Waals surface area contributed by atoms with Gasteiger partial charge in [0.15, 0.2) is 0 Å². The molecule has 0 fully saturated rings. The number of hydrogen-bond acceptors (Lipinski definition) is 5. The van der Waals surface area contributed by atoms with E-state index in [2.05, 4.69) is 24.1 Å². The van der Waals surface area contributed by atoms with Gasteiger partial charge in [-0.2, -0.15) is 0 Å². The number of esters is 1. The summed E-state index contributed by atoms with van der Waals surface area (Å²) in [6.07, 6.45) is 1.72. The molecule has 5 nitrogen and oxygen atoms in total. The van der Waals surface area contributed by atoms with Crippen LogP contribution < -0.4 is 10.1 Å². The molecule has 0 saturated heterocycles. The number of pyridine rings is 1. The molecule has 1 aromatic heterocycles. The maximum atomic E-state index is 11.4. The van der Waals surface area contributed by atoms with Crippen molar-refractivity contribution in [3.8, 4) is 5.88 Å². The maximum absolute atomic E-state index is 11.4. The zero-order chi connectivity index (χ0) is 15.8. The van der Waals surface area contributed by atoms with E-state index in [0.717, 1.165) is 12.1 Å². The number of carbonyl (C=O) groups excluding carboxylic acids is 1. The molecular formula is C16H26N2O3. The van der Waals surface area contributed by atoms with E-state index in [1.807, 2.05) is 26.8 Å². The molecule has 0 aromatic carbocycles. The lowest BCUT2D eigenvalue weighted by molar-refractivity contribution is -0.148. The van der Waals surface area contributed by atoms with Gasteiger partial charge in [-0.15, -0.1) is 0 Å². The number of aromatic nitrogens is 1. The second-order valence-electron chi connectivity index (χ2n) is 5.76. The molecule has 0 aliphatic rings. The summed E-state index contributed by atoms with van der Waals surface area (Å²) in [5.41, 5.74) is 0.851. The molecule has 0 aliphatic carbocycles. The van der Waals surface area contributed by atoms with E-state index < -0.39 is 0 Å². The Bertz CT molecular complexity index is 430. The smallest absolute Gasteiger partial charge is 0.308 e. The summed E-state index contributed by atoms with van der Waals surface area (Å²) in [6.45, 7) is 10.8. The zero-order valence-electron chi connectivity index (χ0n) is 13.6. The summed E-state index contributed by atoms with van der Waals surface area (Å²) in [5.74, 6) is 0.255. The van der Waals surface area contributed by atoms with Gasteiger partial charge in [0.25, 0.3) is 0 Å². The van der Waals surface area contributed by atoms with Crippen molar-refractivity contribution in [1.29, 1.82) is 0 Å². The molecule has 1 heterocycles. The van der Waals surface area contributed by atoms with Gasteiger partial charge in [0.05, 0.1) is 5.92 Å². The predicted octanol–water partition coefficient (Wildman–Crippen LogP) is 2.55. The monoisotopic (exact) mass is 294 g/mol. The van der Waals surface area contributed by atoms with E-state index in [0.29, 0.717) is 11.9 Å². The average molecular weight is 294 g/mol. The minimum Gasteiger partial charge on any atom is -0.473 e. The Morgan fingerprint density at radius 2 is 1.95 bits per heavy atom. The van der Waals surface area contributed by atoms with Gasteiger partial charge in [0, 0.05) is 30.4 Å². The molecule has 0 bridgehead atoms. The third-order valence-electron chi connectivity index (χ3n) is 2.79. The highest BCUT2D eigenvalue weighted by Crippen LogP contribution is 2.11. The molecule has 1 rings (SSSR count). The Labute approximate surface area is 127 Å². The summed E-state index contributed by atoms with van der Waals surface area (Å²) < 4.78 is 10.8. The van der Waals surface area contributed by atoms with Crippen LogP contribution in [0, 0.1) is 5.92 Å². The van der Waals surface area contributed by atoms with E-state index >= 15 is 0 Å². The summed E-state index contributed by atoms with van der Waals surface area (Å²) in [7, 11) is 0. The standard InChI is InChI=1S/C16H26N2O3/c1-11(2)16(19)20-10-14-6-7-15(18-9-14)21-13(5)8-17-12(3)4/h6-7,9,11-13,17H,8,10H2,1-5H3/t13-/m0/s1. The molecule has 0 spiro atoms.